The maximum absolute atomic E-state index is 12.4. The van der Waals surface area contributed by atoms with Crippen molar-refractivity contribution < 1.29 is 9.53 Å². The lowest BCUT2D eigenvalue weighted by atomic mass is 9.88. The van der Waals surface area contributed by atoms with E-state index in [1.54, 1.807) is 25.5 Å². The molecular weight excluding hydrogens is 489 g/mol. The fourth-order valence-electron chi connectivity index (χ4n) is 3.84. The van der Waals surface area contributed by atoms with Gasteiger partial charge in [0.05, 0.1) is 22.4 Å². The molecule has 3 rings (SSSR count). The van der Waals surface area contributed by atoms with E-state index in [1.807, 2.05) is 12.1 Å². The van der Waals surface area contributed by atoms with Gasteiger partial charge in [0, 0.05) is 23.4 Å². The van der Waals surface area contributed by atoms with E-state index in [2.05, 4.69) is 83.9 Å². The third-order valence-electron chi connectivity index (χ3n) is 5.24. The van der Waals surface area contributed by atoms with Gasteiger partial charge in [0.15, 0.2) is 0 Å². The molecule has 0 atom stereocenters. The first-order valence-electron chi connectivity index (χ1n) is 10.0. The molecule has 6 heteroatoms. The zero-order valence-electron chi connectivity index (χ0n) is 18.1. The van der Waals surface area contributed by atoms with Crippen molar-refractivity contribution in [3.8, 4) is 5.75 Å². The zero-order valence-corrected chi connectivity index (χ0v) is 20.3. The van der Waals surface area contributed by atoms with E-state index in [1.165, 1.54) is 16.8 Å². The molecule has 2 aromatic rings. The van der Waals surface area contributed by atoms with Gasteiger partial charge >= 0.3 is 0 Å². The highest BCUT2D eigenvalue weighted by molar-refractivity contribution is 14.1. The molecule has 0 unspecified atom stereocenters. The van der Waals surface area contributed by atoms with Gasteiger partial charge in [0.25, 0.3) is 5.91 Å². The van der Waals surface area contributed by atoms with Crippen LogP contribution in [0.15, 0.2) is 47.6 Å². The summed E-state index contributed by atoms with van der Waals surface area (Å²) in [5, 5.41) is 4.15. The molecule has 1 amide bonds. The van der Waals surface area contributed by atoms with Crippen molar-refractivity contribution in [3.05, 3.63) is 62.7 Å². The van der Waals surface area contributed by atoms with E-state index >= 15 is 0 Å². The molecule has 0 saturated carbocycles. The molecule has 0 bridgehead atoms. The molecule has 1 N–H and O–H groups in total. The average Bonchev–Trinajstić information content (AvgIpc) is 2.71. The van der Waals surface area contributed by atoms with Crippen molar-refractivity contribution in [1.29, 1.82) is 0 Å². The summed E-state index contributed by atoms with van der Waals surface area (Å²) in [6, 6.07) is 11.6. The quantitative estimate of drug-likeness (QED) is 0.314. The van der Waals surface area contributed by atoms with E-state index in [-0.39, 0.29) is 11.4 Å². The summed E-state index contributed by atoms with van der Waals surface area (Å²) in [5.74, 6) is 0.398. The summed E-state index contributed by atoms with van der Waals surface area (Å²) in [6.07, 6.45) is 5.09. The predicted octanol–water partition coefficient (Wildman–Crippen LogP) is 5.48. The largest absolute Gasteiger partial charge is 0.496 e. The van der Waals surface area contributed by atoms with E-state index in [4.69, 9.17) is 4.74 Å². The average molecular weight is 517 g/mol. The van der Waals surface area contributed by atoms with Gasteiger partial charge in [0.1, 0.15) is 5.75 Å². The number of hydrazone groups is 1. The van der Waals surface area contributed by atoms with E-state index in [9.17, 15) is 4.79 Å². The zero-order chi connectivity index (χ0) is 21.9. The SMILES string of the molecule is CCCN1c2ccc(/C=N/NC(=O)c3ccc(I)c(OC)c3)cc2C(C)=CC1(C)C. The molecule has 30 heavy (non-hydrogen) atoms. The molecule has 0 fully saturated rings. The van der Waals surface area contributed by atoms with Crippen LogP contribution in [0.2, 0.25) is 0 Å². The van der Waals surface area contributed by atoms with Gasteiger partial charge in [0.2, 0.25) is 0 Å². The normalized spacial score (nSPS) is 15.0. The van der Waals surface area contributed by atoms with E-state index in [0.29, 0.717) is 11.3 Å². The molecular formula is C24H28IN3O2. The minimum absolute atomic E-state index is 0.00870. The Balaban J connectivity index is 1.78. The Hall–Kier alpha value is -2.35. The van der Waals surface area contributed by atoms with Crippen LogP contribution < -0.4 is 15.1 Å². The molecule has 0 spiro atoms. The van der Waals surface area contributed by atoms with Crippen molar-refractivity contribution >= 4 is 46.0 Å². The maximum atomic E-state index is 12.4. The fraction of sp³-hybridized carbons (Fsp3) is 0.333. The van der Waals surface area contributed by atoms with Gasteiger partial charge < -0.3 is 9.64 Å². The van der Waals surface area contributed by atoms with Crippen LogP contribution in [0.3, 0.4) is 0 Å². The van der Waals surface area contributed by atoms with Crippen LogP contribution in [0.1, 0.15) is 55.6 Å². The number of hydrogen-bond donors (Lipinski definition) is 1. The lowest BCUT2D eigenvalue weighted by molar-refractivity contribution is 0.0954. The Morgan fingerprint density at radius 2 is 2.03 bits per heavy atom. The van der Waals surface area contributed by atoms with Crippen LogP contribution in [0.25, 0.3) is 5.57 Å². The molecule has 0 radical (unpaired) electrons. The van der Waals surface area contributed by atoms with Crippen molar-refractivity contribution in [2.75, 3.05) is 18.6 Å². The second-order valence-corrected chi connectivity index (χ2v) is 9.12. The number of rotatable bonds is 6. The first-order valence-corrected chi connectivity index (χ1v) is 11.1. The maximum Gasteiger partial charge on any atom is 0.271 e. The number of carbonyl (C=O) groups excluding carboxylic acids is 1. The number of halogens is 1. The first-order chi connectivity index (χ1) is 14.3. The number of benzene rings is 2. The molecule has 2 aromatic carbocycles. The number of allylic oxidation sites excluding steroid dienone is 1. The summed E-state index contributed by atoms with van der Waals surface area (Å²) in [5.41, 5.74) is 7.75. The van der Waals surface area contributed by atoms with Gasteiger partial charge in [-0.25, -0.2) is 5.43 Å². The summed E-state index contributed by atoms with van der Waals surface area (Å²) < 4.78 is 6.23. The predicted molar refractivity (Wildman–Crippen MR) is 133 cm³/mol. The van der Waals surface area contributed by atoms with Crippen LogP contribution in [-0.2, 0) is 0 Å². The van der Waals surface area contributed by atoms with Crippen LogP contribution in [0, 0.1) is 3.57 Å². The third kappa shape index (κ3) is 4.69. The number of ether oxygens (including phenoxy) is 1. The third-order valence-corrected chi connectivity index (χ3v) is 6.13. The van der Waals surface area contributed by atoms with Crippen LogP contribution in [0.4, 0.5) is 5.69 Å². The Morgan fingerprint density at radius 3 is 2.73 bits per heavy atom. The lowest BCUT2D eigenvalue weighted by Crippen LogP contribution is -2.45. The lowest BCUT2D eigenvalue weighted by Gasteiger charge is -2.43. The Kier molecular flexibility index (Phi) is 6.85. The molecule has 0 aromatic heterocycles. The first kappa shape index (κ1) is 22.3. The highest BCUT2D eigenvalue weighted by Crippen LogP contribution is 2.39. The molecule has 1 heterocycles. The monoisotopic (exact) mass is 517 g/mol. The summed E-state index contributed by atoms with van der Waals surface area (Å²) >= 11 is 2.17. The minimum Gasteiger partial charge on any atom is -0.496 e. The van der Waals surface area contributed by atoms with Gasteiger partial charge in [-0.1, -0.05) is 19.1 Å². The summed E-state index contributed by atoms with van der Waals surface area (Å²) in [4.78, 5) is 14.8. The van der Waals surface area contributed by atoms with Crippen LogP contribution in [0.5, 0.6) is 5.75 Å². The van der Waals surface area contributed by atoms with Gasteiger partial charge in [-0.05, 0) is 91.3 Å². The number of nitrogens with zero attached hydrogens (tertiary/aromatic N) is 2. The highest BCUT2D eigenvalue weighted by atomic mass is 127. The molecule has 158 valence electrons. The van der Waals surface area contributed by atoms with Gasteiger partial charge in [-0.3, -0.25) is 4.79 Å². The Morgan fingerprint density at radius 1 is 1.27 bits per heavy atom. The van der Waals surface area contributed by atoms with Gasteiger partial charge in [-0.15, -0.1) is 0 Å². The summed E-state index contributed by atoms with van der Waals surface area (Å²) in [7, 11) is 1.59. The molecule has 0 saturated heterocycles. The second kappa shape index (κ2) is 9.20. The fourth-order valence-corrected chi connectivity index (χ4v) is 4.40. The van der Waals surface area contributed by atoms with Crippen LogP contribution >= 0.6 is 22.6 Å². The van der Waals surface area contributed by atoms with Crippen molar-refractivity contribution in [3.63, 3.8) is 0 Å². The molecule has 0 aliphatic carbocycles. The number of methoxy groups -OCH3 is 1. The second-order valence-electron chi connectivity index (χ2n) is 7.96. The number of amides is 1. The van der Waals surface area contributed by atoms with E-state index in [0.717, 1.165) is 22.1 Å². The standard InChI is InChI=1S/C24H28IN3O2/c1-6-11-28-21-10-7-17(12-19(21)16(2)14-24(28,3)4)15-26-27-23(29)18-8-9-20(25)22(13-18)30-5/h7-10,12-15H,6,11H2,1-5H3,(H,27,29)/b26-15+. The van der Waals surface area contributed by atoms with Crippen molar-refractivity contribution in [2.45, 2.75) is 39.7 Å². The number of fused-ring (bicyclic) bond motifs is 1. The number of hydrogen-bond acceptors (Lipinski definition) is 4. The highest BCUT2D eigenvalue weighted by Gasteiger charge is 2.30. The summed E-state index contributed by atoms with van der Waals surface area (Å²) in [6.45, 7) is 9.86. The Bertz CT molecular complexity index is 1010. The van der Waals surface area contributed by atoms with E-state index < -0.39 is 0 Å². The smallest absolute Gasteiger partial charge is 0.271 e. The van der Waals surface area contributed by atoms with Crippen molar-refractivity contribution in [1.82, 2.24) is 5.43 Å². The minimum atomic E-state index is -0.272. The number of carbonyl (C=O) groups is 1. The molecule has 1 aliphatic heterocycles. The molecule has 1 aliphatic rings. The van der Waals surface area contributed by atoms with Crippen molar-refractivity contribution in [2.24, 2.45) is 5.10 Å². The number of anilines is 1. The molecule has 5 nitrogen and oxygen atoms in total. The van der Waals surface area contributed by atoms with Crippen LogP contribution in [-0.4, -0.2) is 31.3 Å². The Labute approximate surface area is 192 Å². The topological polar surface area (TPSA) is 53.9 Å². The van der Waals surface area contributed by atoms with Gasteiger partial charge in [-0.2, -0.15) is 5.10 Å². The number of nitrogens with one attached hydrogen (secondary N) is 1.